The van der Waals surface area contributed by atoms with Crippen molar-refractivity contribution in [3.63, 3.8) is 0 Å². The Balaban J connectivity index is 1.69. The van der Waals surface area contributed by atoms with E-state index in [0.717, 1.165) is 36.9 Å². The van der Waals surface area contributed by atoms with Crippen LogP contribution in [0.4, 0.5) is 0 Å². The van der Waals surface area contributed by atoms with Crippen molar-refractivity contribution in [1.29, 1.82) is 0 Å². The summed E-state index contributed by atoms with van der Waals surface area (Å²) in [6, 6.07) is 17.3. The lowest BCUT2D eigenvalue weighted by molar-refractivity contribution is 0.0917. The summed E-state index contributed by atoms with van der Waals surface area (Å²) in [6.45, 7) is 0. The molecule has 0 spiro atoms. The van der Waals surface area contributed by atoms with Crippen LogP contribution >= 0.6 is 11.6 Å². The number of rotatable bonds is 4. The molecular weight excluding hydrogens is 360 g/mol. The number of amides is 1. The van der Waals surface area contributed by atoms with E-state index in [9.17, 15) is 4.79 Å². The fourth-order valence-corrected chi connectivity index (χ4v) is 3.57. The Labute approximate surface area is 163 Å². The fraction of sp³-hybridized carbons (Fsp3) is 0.286. The van der Waals surface area contributed by atoms with Crippen LogP contribution in [0.5, 0.6) is 0 Å². The van der Waals surface area contributed by atoms with Gasteiger partial charge in [-0.1, -0.05) is 49.1 Å². The second-order valence-corrected chi connectivity index (χ2v) is 7.26. The molecule has 1 N–H and O–H groups in total. The van der Waals surface area contributed by atoms with Gasteiger partial charge in [0.2, 0.25) is 5.82 Å². The van der Waals surface area contributed by atoms with Gasteiger partial charge in [-0.05, 0) is 49.2 Å². The minimum atomic E-state index is -0.216. The number of carbonyl (C=O) groups excluding carboxylic acids is 1. The molecule has 1 aromatic heterocycles. The number of hydrogen-bond acceptors (Lipinski definition) is 3. The average molecular weight is 381 g/mol. The van der Waals surface area contributed by atoms with Gasteiger partial charge in [-0.2, -0.15) is 0 Å². The Hall–Kier alpha value is -2.66. The molecule has 0 saturated heterocycles. The zero-order valence-corrected chi connectivity index (χ0v) is 15.7. The molecule has 1 fully saturated rings. The maximum Gasteiger partial charge on any atom is 0.291 e. The Morgan fingerprint density at radius 3 is 2.41 bits per heavy atom. The van der Waals surface area contributed by atoms with E-state index in [-0.39, 0.29) is 17.8 Å². The number of nitrogens with zero attached hydrogens (tertiary/aromatic N) is 3. The Morgan fingerprint density at radius 1 is 1.00 bits per heavy atom. The first kappa shape index (κ1) is 17.7. The van der Waals surface area contributed by atoms with Crippen molar-refractivity contribution in [3.8, 4) is 17.1 Å². The molecule has 0 radical (unpaired) electrons. The van der Waals surface area contributed by atoms with Gasteiger partial charge in [-0.15, -0.1) is 5.10 Å². The predicted molar refractivity (Wildman–Crippen MR) is 106 cm³/mol. The number of aromatic nitrogens is 3. The number of benzene rings is 2. The first-order chi connectivity index (χ1) is 13.2. The minimum absolute atomic E-state index is 0.189. The van der Waals surface area contributed by atoms with Crippen LogP contribution < -0.4 is 5.32 Å². The molecule has 27 heavy (non-hydrogen) atoms. The van der Waals surface area contributed by atoms with Crippen molar-refractivity contribution in [3.05, 3.63) is 65.4 Å². The summed E-state index contributed by atoms with van der Waals surface area (Å²) in [4.78, 5) is 17.3. The summed E-state index contributed by atoms with van der Waals surface area (Å²) in [5.41, 5.74) is 1.71. The van der Waals surface area contributed by atoms with Crippen molar-refractivity contribution < 1.29 is 4.79 Å². The predicted octanol–water partition coefficient (Wildman–Crippen LogP) is 4.65. The van der Waals surface area contributed by atoms with E-state index >= 15 is 0 Å². The molecule has 0 bridgehead atoms. The van der Waals surface area contributed by atoms with Crippen LogP contribution in [0.25, 0.3) is 17.1 Å². The molecule has 1 aliphatic rings. The highest BCUT2D eigenvalue weighted by Crippen LogP contribution is 2.23. The van der Waals surface area contributed by atoms with Gasteiger partial charge in [0.1, 0.15) is 0 Å². The number of halogens is 1. The third kappa shape index (κ3) is 4.03. The van der Waals surface area contributed by atoms with E-state index in [1.165, 1.54) is 6.42 Å². The number of carbonyl (C=O) groups is 1. The Morgan fingerprint density at radius 2 is 1.70 bits per heavy atom. The number of nitrogens with one attached hydrogen (secondary N) is 1. The number of hydrogen-bond donors (Lipinski definition) is 1. The maximum atomic E-state index is 12.7. The molecule has 1 aliphatic carbocycles. The van der Waals surface area contributed by atoms with Gasteiger partial charge in [-0.3, -0.25) is 4.79 Å². The van der Waals surface area contributed by atoms with Crippen molar-refractivity contribution in [2.75, 3.05) is 0 Å². The summed E-state index contributed by atoms with van der Waals surface area (Å²) < 4.78 is 1.71. The SMILES string of the molecule is O=C(NC1CCCCC1)c1nc(-c2ccc(Cl)cc2)n(-c2ccccc2)n1. The molecule has 3 aromatic rings. The normalized spacial score (nSPS) is 14.9. The van der Waals surface area contributed by atoms with E-state index in [2.05, 4.69) is 15.4 Å². The molecule has 1 heterocycles. The van der Waals surface area contributed by atoms with Crippen LogP contribution in [0.3, 0.4) is 0 Å². The third-order valence-corrected chi connectivity index (χ3v) is 5.11. The standard InChI is InChI=1S/C21H21ClN4O/c22-16-13-11-15(12-14-16)20-24-19(21(27)23-17-7-3-1-4-8-17)25-26(20)18-9-5-2-6-10-18/h2,5-6,9-14,17H,1,3-4,7-8H2,(H,23,27). The smallest absolute Gasteiger partial charge is 0.291 e. The third-order valence-electron chi connectivity index (χ3n) is 4.85. The average Bonchev–Trinajstić information content (AvgIpc) is 3.16. The molecule has 4 rings (SSSR count). The highest BCUT2D eigenvalue weighted by molar-refractivity contribution is 6.30. The van der Waals surface area contributed by atoms with E-state index in [1.54, 1.807) is 4.68 Å². The van der Waals surface area contributed by atoms with Crippen molar-refractivity contribution >= 4 is 17.5 Å². The van der Waals surface area contributed by atoms with E-state index < -0.39 is 0 Å². The lowest BCUT2D eigenvalue weighted by Crippen LogP contribution is -2.36. The topological polar surface area (TPSA) is 59.8 Å². The molecule has 0 aliphatic heterocycles. The lowest BCUT2D eigenvalue weighted by Gasteiger charge is -2.21. The van der Waals surface area contributed by atoms with Crippen molar-refractivity contribution in [1.82, 2.24) is 20.1 Å². The molecule has 1 saturated carbocycles. The highest BCUT2D eigenvalue weighted by atomic mass is 35.5. The summed E-state index contributed by atoms with van der Waals surface area (Å²) in [5, 5.41) is 8.25. The molecule has 5 nitrogen and oxygen atoms in total. The Kier molecular flexibility index (Phi) is 5.21. The monoisotopic (exact) mass is 380 g/mol. The first-order valence-electron chi connectivity index (χ1n) is 9.30. The summed E-state index contributed by atoms with van der Waals surface area (Å²) in [7, 11) is 0. The summed E-state index contributed by atoms with van der Waals surface area (Å²) >= 11 is 6.01. The second-order valence-electron chi connectivity index (χ2n) is 6.82. The fourth-order valence-electron chi connectivity index (χ4n) is 3.44. The van der Waals surface area contributed by atoms with Gasteiger partial charge >= 0.3 is 0 Å². The van der Waals surface area contributed by atoms with Gasteiger partial charge in [0.05, 0.1) is 5.69 Å². The summed E-state index contributed by atoms with van der Waals surface area (Å²) in [5.74, 6) is 0.591. The zero-order chi connectivity index (χ0) is 18.6. The summed E-state index contributed by atoms with van der Waals surface area (Å²) in [6.07, 6.45) is 5.61. The van der Waals surface area contributed by atoms with Crippen LogP contribution in [0.1, 0.15) is 42.7 Å². The second kappa shape index (κ2) is 7.92. The van der Waals surface area contributed by atoms with Gasteiger partial charge < -0.3 is 5.32 Å². The van der Waals surface area contributed by atoms with Crippen LogP contribution in [-0.2, 0) is 0 Å². The lowest BCUT2D eigenvalue weighted by atomic mass is 9.95. The van der Waals surface area contributed by atoms with Gasteiger partial charge in [0.25, 0.3) is 5.91 Å². The van der Waals surface area contributed by atoms with Crippen LogP contribution in [0.2, 0.25) is 5.02 Å². The number of para-hydroxylation sites is 1. The van der Waals surface area contributed by atoms with Crippen molar-refractivity contribution in [2.24, 2.45) is 0 Å². The molecule has 0 unspecified atom stereocenters. The molecule has 138 valence electrons. The van der Waals surface area contributed by atoms with Gasteiger partial charge in [0, 0.05) is 16.6 Å². The molecule has 6 heteroatoms. The van der Waals surface area contributed by atoms with Crippen LogP contribution in [-0.4, -0.2) is 26.7 Å². The quantitative estimate of drug-likeness (QED) is 0.716. The largest absolute Gasteiger partial charge is 0.347 e. The molecule has 2 aromatic carbocycles. The van der Waals surface area contributed by atoms with Gasteiger partial charge in [0.15, 0.2) is 5.82 Å². The van der Waals surface area contributed by atoms with E-state index in [4.69, 9.17) is 11.6 Å². The van der Waals surface area contributed by atoms with E-state index in [0.29, 0.717) is 10.8 Å². The first-order valence-corrected chi connectivity index (χ1v) is 9.68. The van der Waals surface area contributed by atoms with Gasteiger partial charge in [-0.25, -0.2) is 9.67 Å². The molecular formula is C21H21ClN4O. The van der Waals surface area contributed by atoms with Crippen LogP contribution in [0.15, 0.2) is 54.6 Å². The van der Waals surface area contributed by atoms with E-state index in [1.807, 2.05) is 54.6 Å². The Bertz CT molecular complexity index is 915. The molecule has 0 atom stereocenters. The highest BCUT2D eigenvalue weighted by Gasteiger charge is 2.22. The minimum Gasteiger partial charge on any atom is -0.347 e. The zero-order valence-electron chi connectivity index (χ0n) is 14.9. The van der Waals surface area contributed by atoms with Crippen LogP contribution in [0, 0.1) is 0 Å². The van der Waals surface area contributed by atoms with Crippen molar-refractivity contribution in [2.45, 2.75) is 38.1 Å². The molecule has 1 amide bonds. The maximum absolute atomic E-state index is 12.7.